The minimum atomic E-state index is -1.17. The molecule has 2 aromatic carbocycles. The molecule has 0 radical (unpaired) electrons. The van der Waals surface area contributed by atoms with Crippen LogP contribution < -0.4 is 15.0 Å². The maximum Gasteiger partial charge on any atom is 0.341 e. The van der Waals surface area contributed by atoms with Gasteiger partial charge in [-0.2, -0.15) is 0 Å². The van der Waals surface area contributed by atoms with Gasteiger partial charge in [0.25, 0.3) is 11.8 Å². The highest BCUT2D eigenvalue weighted by Crippen LogP contribution is 2.35. The Bertz CT molecular complexity index is 1120. The second-order valence-electron chi connectivity index (χ2n) is 6.80. The minimum Gasteiger partial charge on any atom is -0.479 e. The molecule has 0 bridgehead atoms. The van der Waals surface area contributed by atoms with E-state index in [2.05, 4.69) is 21.2 Å². The van der Waals surface area contributed by atoms with Crippen molar-refractivity contribution in [2.45, 2.75) is 13.8 Å². The molecule has 31 heavy (non-hydrogen) atoms. The van der Waals surface area contributed by atoms with Gasteiger partial charge in [0.05, 0.1) is 15.2 Å². The van der Waals surface area contributed by atoms with Crippen LogP contribution in [0.2, 0.25) is 5.02 Å². The first kappa shape index (κ1) is 22.5. The number of urea groups is 1. The van der Waals surface area contributed by atoms with Gasteiger partial charge in [-0.25, -0.2) is 14.5 Å². The third-order valence-corrected chi connectivity index (χ3v) is 5.11. The zero-order valence-corrected chi connectivity index (χ0v) is 18.7. The van der Waals surface area contributed by atoms with Crippen molar-refractivity contribution in [3.8, 4) is 5.75 Å². The fourth-order valence-corrected chi connectivity index (χ4v) is 4.06. The van der Waals surface area contributed by atoms with Gasteiger partial charge in [0.2, 0.25) is 0 Å². The van der Waals surface area contributed by atoms with Crippen LogP contribution in [0.5, 0.6) is 5.75 Å². The fourth-order valence-electron chi connectivity index (χ4n) is 3.07. The highest BCUT2D eigenvalue weighted by molar-refractivity contribution is 9.10. The van der Waals surface area contributed by atoms with E-state index in [9.17, 15) is 19.2 Å². The lowest BCUT2D eigenvalue weighted by Gasteiger charge is -2.27. The first-order chi connectivity index (χ1) is 14.6. The van der Waals surface area contributed by atoms with Gasteiger partial charge >= 0.3 is 12.0 Å². The number of aliphatic carboxylic acids is 1. The molecule has 0 spiro atoms. The van der Waals surface area contributed by atoms with Gasteiger partial charge in [-0.1, -0.05) is 17.7 Å². The molecule has 2 N–H and O–H groups in total. The number of amides is 4. The number of carboxylic acids is 1. The van der Waals surface area contributed by atoms with E-state index in [4.69, 9.17) is 21.4 Å². The van der Waals surface area contributed by atoms with E-state index < -0.39 is 30.4 Å². The summed E-state index contributed by atoms with van der Waals surface area (Å²) >= 11 is 9.40. The van der Waals surface area contributed by atoms with Crippen LogP contribution in [0.15, 0.2) is 40.4 Å². The van der Waals surface area contributed by atoms with Crippen molar-refractivity contribution in [1.29, 1.82) is 0 Å². The molecular weight excluding hydrogens is 492 g/mol. The minimum absolute atomic E-state index is 0.0772. The molecule has 0 aliphatic carbocycles. The van der Waals surface area contributed by atoms with Crippen molar-refractivity contribution in [3.63, 3.8) is 0 Å². The molecule has 1 aliphatic heterocycles. The van der Waals surface area contributed by atoms with E-state index in [1.165, 1.54) is 18.2 Å². The molecule has 0 aromatic heterocycles. The van der Waals surface area contributed by atoms with Crippen LogP contribution in [0.25, 0.3) is 6.08 Å². The van der Waals surface area contributed by atoms with E-state index in [-0.39, 0.29) is 16.3 Å². The van der Waals surface area contributed by atoms with Crippen LogP contribution in [-0.4, -0.2) is 35.5 Å². The number of barbiturate groups is 1. The number of benzene rings is 2. The Morgan fingerprint density at radius 1 is 1.16 bits per heavy atom. The Kier molecular flexibility index (Phi) is 6.47. The molecule has 10 heteroatoms. The lowest BCUT2D eigenvalue weighted by Crippen LogP contribution is -2.54. The van der Waals surface area contributed by atoms with Gasteiger partial charge in [-0.15, -0.1) is 0 Å². The summed E-state index contributed by atoms with van der Waals surface area (Å²) in [7, 11) is 0. The average Bonchev–Trinajstić information content (AvgIpc) is 2.63. The number of hydrogen-bond acceptors (Lipinski definition) is 5. The van der Waals surface area contributed by atoms with E-state index in [1.54, 1.807) is 12.1 Å². The van der Waals surface area contributed by atoms with Crippen LogP contribution in [0.4, 0.5) is 10.5 Å². The molecule has 0 atom stereocenters. The van der Waals surface area contributed by atoms with E-state index in [0.717, 1.165) is 16.0 Å². The summed E-state index contributed by atoms with van der Waals surface area (Å²) in [6, 6.07) is 7.31. The lowest BCUT2D eigenvalue weighted by atomic mass is 10.1. The van der Waals surface area contributed by atoms with Gasteiger partial charge in [-0.05, 0) is 76.8 Å². The van der Waals surface area contributed by atoms with Gasteiger partial charge < -0.3 is 9.84 Å². The van der Waals surface area contributed by atoms with Crippen LogP contribution in [0.3, 0.4) is 0 Å². The summed E-state index contributed by atoms with van der Waals surface area (Å²) in [5.74, 6) is -2.68. The molecule has 1 fully saturated rings. The first-order valence-corrected chi connectivity index (χ1v) is 10.1. The van der Waals surface area contributed by atoms with Crippen molar-refractivity contribution in [1.82, 2.24) is 5.32 Å². The van der Waals surface area contributed by atoms with Crippen molar-refractivity contribution in [3.05, 3.63) is 62.1 Å². The highest BCUT2D eigenvalue weighted by atomic mass is 79.9. The number of aryl methyl sites for hydroxylation is 2. The Labute approximate surface area is 190 Å². The molecule has 4 amide bonds. The maximum atomic E-state index is 13.0. The molecule has 2 aromatic rings. The topological polar surface area (TPSA) is 113 Å². The monoisotopic (exact) mass is 506 g/mol. The summed E-state index contributed by atoms with van der Waals surface area (Å²) in [5, 5.41) is 11.0. The van der Waals surface area contributed by atoms with Crippen molar-refractivity contribution < 1.29 is 29.0 Å². The highest BCUT2D eigenvalue weighted by Gasteiger charge is 2.37. The number of imide groups is 2. The largest absolute Gasteiger partial charge is 0.479 e. The van der Waals surface area contributed by atoms with Gasteiger partial charge in [-0.3, -0.25) is 14.9 Å². The summed E-state index contributed by atoms with van der Waals surface area (Å²) in [5.41, 5.74) is 2.15. The molecular formula is C21H16BrClN2O6. The summed E-state index contributed by atoms with van der Waals surface area (Å²) in [6.45, 7) is 3.07. The van der Waals surface area contributed by atoms with E-state index in [1.807, 2.05) is 19.9 Å². The number of carbonyl (C=O) groups is 4. The number of rotatable bonds is 5. The zero-order valence-electron chi connectivity index (χ0n) is 16.4. The Hall–Kier alpha value is -3.17. The standard InChI is InChI=1S/C21H16BrClN2O6/c1-10-3-11(2)5-13(4-10)25-20(29)14(19(28)24-21(25)30)6-12-7-15(22)18(16(23)8-12)31-9-17(26)27/h3-8H,9H2,1-2H3,(H,26,27)(H,24,28,30)/b14-6+. The summed E-state index contributed by atoms with van der Waals surface area (Å²) in [6.07, 6.45) is 1.29. The number of halogens is 2. The molecule has 8 nitrogen and oxygen atoms in total. The number of anilines is 1. The van der Waals surface area contributed by atoms with E-state index >= 15 is 0 Å². The fraction of sp³-hybridized carbons (Fsp3) is 0.143. The molecule has 160 valence electrons. The number of ether oxygens (including phenoxy) is 1. The molecule has 1 heterocycles. The SMILES string of the molecule is Cc1cc(C)cc(N2C(=O)NC(=O)/C(=C\c3cc(Cl)c(OCC(=O)O)c(Br)c3)C2=O)c1. The van der Waals surface area contributed by atoms with Gasteiger partial charge in [0.15, 0.2) is 12.4 Å². The van der Waals surface area contributed by atoms with Crippen LogP contribution in [-0.2, 0) is 14.4 Å². The molecule has 1 aliphatic rings. The third-order valence-electron chi connectivity index (χ3n) is 4.24. The van der Waals surface area contributed by atoms with Crippen molar-refractivity contribution in [2.24, 2.45) is 0 Å². The number of nitrogens with one attached hydrogen (secondary N) is 1. The van der Waals surface area contributed by atoms with Crippen LogP contribution in [0, 0.1) is 13.8 Å². The third kappa shape index (κ3) is 4.95. The quantitative estimate of drug-likeness (QED) is 0.469. The summed E-state index contributed by atoms with van der Waals surface area (Å²) < 4.78 is 5.46. The van der Waals surface area contributed by atoms with Crippen LogP contribution in [0.1, 0.15) is 16.7 Å². The van der Waals surface area contributed by atoms with Gasteiger partial charge in [0.1, 0.15) is 5.57 Å². The van der Waals surface area contributed by atoms with Gasteiger partial charge in [0, 0.05) is 0 Å². The first-order valence-electron chi connectivity index (χ1n) is 8.90. The zero-order chi connectivity index (χ0) is 22.9. The normalized spacial score (nSPS) is 15.3. The summed E-state index contributed by atoms with van der Waals surface area (Å²) in [4.78, 5) is 49.4. The molecule has 0 saturated carbocycles. The second-order valence-corrected chi connectivity index (χ2v) is 8.06. The Morgan fingerprint density at radius 3 is 2.39 bits per heavy atom. The average molecular weight is 508 g/mol. The van der Waals surface area contributed by atoms with Crippen molar-refractivity contribution >= 4 is 63.1 Å². The number of hydrogen-bond donors (Lipinski definition) is 2. The molecule has 3 rings (SSSR count). The number of nitrogens with zero attached hydrogens (tertiary/aromatic N) is 1. The molecule has 1 saturated heterocycles. The Morgan fingerprint density at radius 2 is 1.81 bits per heavy atom. The molecule has 0 unspecified atom stereocenters. The number of carbonyl (C=O) groups excluding carboxylic acids is 3. The van der Waals surface area contributed by atoms with Crippen LogP contribution >= 0.6 is 27.5 Å². The second kappa shape index (κ2) is 8.91. The lowest BCUT2D eigenvalue weighted by molar-refractivity contribution is -0.139. The smallest absolute Gasteiger partial charge is 0.341 e. The van der Waals surface area contributed by atoms with Crippen molar-refractivity contribution in [2.75, 3.05) is 11.5 Å². The predicted octanol–water partition coefficient (Wildman–Crippen LogP) is 3.85. The number of carboxylic acid groups (broad SMARTS) is 1. The Balaban J connectivity index is 1.99. The van der Waals surface area contributed by atoms with E-state index in [0.29, 0.717) is 15.7 Å². The maximum absolute atomic E-state index is 13.0. The predicted molar refractivity (Wildman–Crippen MR) is 117 cm³/mol.